The zero-order chi connectivity index (χ0) is 10.1. The first kappa shape index (κ1) is 10.5. The van der Waals surface area contributed by atoms with Crippen molar-refractivity contribution in [1.82, 2.24) is 4.90 Å². The zero-order valence-corrected chi connectivity index (χ0v) is 9.33. The van der Waals surface area contributed by atoms with Gasteiger partial charge in [-0.25, -0.2) is 0 Å². The minimum Gasteiger partial charge on any atom is -0.304 e. The number of rotatable bonds is 2. The van der Waals surface area contributed by atoms with Crippen LogP contribution in [0.25, 0.3) is 0 Å². The lowest BCUT2D eigenvalue weighted by atomic mass is 9.87. The summed E-state index contributed by atoms with van der Waals surface area (Å²) in [5.74, 6) is 0. The molecule has 0 N–H and O–H groups in total. The average Bonchev–Trinajstić information content (AvgIpc) is 2.09. The molecule has 1 heterocycles. The van der Waals surface area contributed by atoms with Gasteiger partial charge in [-0.3, -0.25) is 4.99 Å². The van der Waals surface area contributed by atoms with Gasteiger partial charge in [-0.05, 0) is 46.9 Å². The molecule has 2 heteroatoms. The van der Waals surface area contributed by atoms with E-state index in [1.807, 2.05) is 6.21 Å². The van der Waals surface area contributed by atoms with Crippen molar-refractivity contribution < 1.29 is 0 Å². The van der Waals surface area contributed by atoms with E-state index in [1.54, 1.807) is 0 Å². The van der Waals surface area contributed by atoms with Crippen LogP contribution in [0.2, 0.25) is 0 Å². The van der Waals surface area contributed by atoms with Crippen molar-refractivity contribution >= 4 is 6.21 Å². The molecule has 2 nitrogen and oxygen atoms in total. The molecule has 0 aliphatic carbocycles. The first-order chi connectivity index (χ1) is 5.96. The quantitative estimate of drug-likeness (QED) is 0.635. The second-order valence-electron chi connectivity index (χ2n) is 4.41. The maximum Gasteiger partial charge on any atom is 0.0766 e. The molecule has 0 aromatic carbocycles. The van der Waals surface area contributed by atoms with Crippen LogP contribution in [0.4, 0.5) is 0 Å². The van der Waals surface area contributed by atoms with Crippen LogP contribution in [0.15, 0.2) is 16.6 Å². The van der Waals surface area contributed by atoms with Crippen LogP contribution in [0, 0.1) is 0 Å². The highest BCUT2D eigenvalue weighted by Crippen LogP contribution is 2.26. The van der Waals surface area contributed by atoms with Crippen molar-refractivity contribution in [1.29, 1.82) is 0 Å². The molecular weight excluding hydrogens is 160 g/mol. The third-order valence-electron chi connectivity index (χ3n) is 3.08. The van der Waals surface area contributed by atoms with Gasteiger partial charge in [-0.15, -0.1) is 0 Å². The van der Waals surface area contributed by atoms with Crippen LogP contribution in [0.5, 0.6) is 0 Å². The first-order valence-corrected chi connectivity index (χ1v) is 4.84. The van der Waals surface area contributed by atoms with Gasteiger partial charge in [0.15, 0.2) is 0 Å². The van der Waals surface area contributed by atoms with E-state index < -0.39 is 0 Å². The minimum absolute atomic E-state index is 0.0585. The number of nitrogens with zero attached hydrogens (tertiary/aromatic N) is 2. The van der Waals surface area contributed by atoms with Crippen LogP contribution in [0.3, 0.4) is 0 Å². The molecule has 0 bridgehead atoms. The fourth-order valence-electron chi connectivity index (χ4n) is 1.56. The van der Waals surface area contributed by atoms with Crippen LogP contribution in [0.1, 0.15) is 27.2 Å². The molecule has 0 radical (unpaired) electrons. The van der Waals surface area contributed by atoms with Crippen molar-refractivity contribution in [2.45, 2.75) is 38.8 Å². The highest BCUT2D eigenvalue weighted by Gasteiger charge is 2.31. The maximum atomic E-state index is 4.63. The summed E-state index contributed by atoms with van der Waals surface area (Å²) in [6.07, 6.45) is 5.31. The summed E-state index contributed by atoms with van der Waals surface area (Å²) in [6, 6.07) is 0.480. The lowest BCUT2D eigenvalue weighted by molar-refractivity contribution is 0.208. The molecule has 1 aliphatic rings. The smallest absolute Gasteiger partial charge is 0.0766 e. The number of allylic oxidation sites excluding steroid dienone is 1. The third-order valence-corrected chi connectivity index (χ3v) is 3.08. The Balaban J connectivity index is 2.75. The van der Waals surface area contributed by atoms with Crippen molar-refractivity contribution in [2.75, 3.05) is 14.1 Å². The molecular formula is C11H20N2. The summed E-state index contributed by atoms with van der Waals surface area (Å²) < 4.78 is 0. The number of hydrogen-bond acceptors (Lipinski definition) is 2. The molecule has 0 aromatic rings. The predicted octanol–water partition coefficient (Wildman–Crippen LogP) is 2.12. The van der Waals surface area contributed by atoms with Gasteiger partial charge in [0, 0.05) is 12.3 Å². The highest BCUT2D eigenvalue weighted by atomic mass is 15.1. The monoisotopic (exact) mass is 180 g/mol. The molecule has 2 atom stereocenters. The van der Waals surface area contributed by atoms with Gasteiger partial charge >= 0.3 is 0 Å². The second-order valence-corrected chi connectivity index (χ2v) is 4.41. The van der Waals surface area contributed by atoms with E-state index in [0.29, 0.717) is 6.04 Å². The number of likely N-dealkylation sites (N-methyl/N-ethyl adjacent to an activating group) is 1. The molecule has 0 saturated carbocycles. The molecule has 0 fully saturated rings. The molecule has 0 spiro atoms. The summed E-state index contributed by atoms with van der Waals surface area (Å²) in [5, 5.41) is 0. The fraction of sp³-hybridized carbons (Fsp3) is 0.727. The molecule has 1 rings (SSSR count). The fourth-order valence-corrected chi connectivity index (χ4v) is 1.56. The summed E-state index contributed by atoms with van der Waals surface area (Å²) in [6.45, 7) is 6.55. The van der Waals surface area contributed by atoms with Gasteiger partial charge in [0.1, 0.15) is 0 Å². The van der Waals surface area contributed by atoms with Crippen molar-refractivity contribution in [3.63, 3.8) is 0 Å². The molecule has 13 heavy (non-hydrogen) atoms. The van der Waals surface area contributed by atoms with Crippen molar-refractivity contribution in [3.05, 3.63) is 11.6 Å². The zero-order valence-electron chi connectivity index (χ0n) is 9.33. The van der Waals surface area contributed by atoms with E-state index in [4.69, 9.17) is 0 Å². The van der Waals surface area contributed by atoms with E-state index in [1.165, 1.54) is 5.57 Å². The first-order valence-electron chi connectivity index (χ1n) is 4.84. The Morgan fingerprint density at radius 2 is 2.15 bits per heavy atom. The Bertz CT molecular complexity index is 240. The topological polar surface area (TPSA) is 15.6 Å². The van der Waals surface area contributed by atoms with Gasteiger partial charge in [0.2, 0.25) is 0 Å². The van der Waals surface area contributed by atoms with Gasteiger partial charge in [-0.2, -0.15) is 0 Å². The molecule has 74 valence electrons. The van der Waals surface area contributed by atoms with E-state index in [-0.39, 0.29) is 5.54 Å². The van der Waals surface area contributed by atoms with E-state index >= 15 is 0 Å². The summed E-state index contributed by atoms with van der Waals surface area (Å²) in [4.78, 5) is 6.86. The Morgan fingerprint density at radius 3 is 2.54 bits per heavy atom. The Hall–Kier alpha value is -0.630. The molecule has 1 aliphatic heterocycles. The summed E-state index contributed by atoms with van der Waals surface area (Å²) >= 11 is 0. The van der Waals surface area contributed by atoms with E-state index in [2.05, 4.69) is 50.8 Å². The van der Waals surface area contributed by atoms with Crippen LogP contribution >= 0.6 is 0 Å². The predicted molar refractivity (Wildman–Crippen MR) is 58.4 cm³/mol. The van der Waals surface area contributed by atoms with Gasteiger partial charge in [-0.1, -0.05) is 6.08 Å². The Kier molecular flexibility index (Phi) is 2.91. The number of dihydropyridines is 1. The summed E-state index contributed by atoms with van der Waals surface area (Å²) in [7, 11) is 4.22. The maximum absolute atomic E-state index is 4.63. The van der Waals surface area contributed by atoms with Gasteiger partial charge in [0.25, 0.3) is 0 Å². The van der Waals surface area contributed by atoms with Crippen LogP contribution in [-0.2, 0) is 0 Å². The lowest BCUT2D eigenvalue weighted by Gasteiger charge is -2.37. The van der Waals surface area contributed by atoms with Crippen molar-refractivity contribution in [2.24, 2.45) is 4.99 Å². The highest BCUT2D eigenvalue weighted by molar-refractivity contribution is 5.79. The van der Waals surface area contributed by atoms with Crippen LogP contribution in [-0.4, -0.2) is 36.8 Å². The van der Waals surface area contributed by atoms with Gasteiger partial charge < -0.3 is 4.90 Å². The largest absolute Gasteiger partial charge is 0.304 e. The van der Waals surface area contributed by atoms with E-state index in [0.717, 1.165) is 6.42 Å². The Morgan fingerprint density at radius 1 is 1.54 bits per heavy atom. The standard InChI is InChI=1S/C11H20N2/c1-9-6-7-11(3,12-8-9)10(2)13(4)5/h6,8,10H,7H2,1-5H3. The third kappa shape index (κ3) is 2.19. The second kappa shape index (κ2) is 3.62. The molecule has 0 saturated heterocycles. The summed E-state index contributed by atoms with van der Waals surface area (Å²) in [5.41, 5.74) is 1.34. The Labute approximate surface area is 81.3 Å². The normalized spacial score (nSPS) is 30.5. The lowest BCUT2D eigenvalue weighted by Crippen LogP contribution is -2.45. The van der Waals surface area contributed by atoms with Crippen molar-refractivity contribution in [3.8, 4) is 0 Å². The molecule has 2 unspecified atom stereocenters. The average molecular weight is 180 g/mol. The minimum atomic E-state index is 0.0585. The number of hydrogen-bond donors (Lipinski definition) is 0. The molecule has 0 amide bonds. The SMILES string of the molecule is CC1=CCC(C)(C(C)N(C)C)N=C1. The van der Waals surface area contributed by atoms with E-state index in [9.17, 15) is 0 Å². The van der Waals surface area contributed by atoms with Gasteiger partial charge in [0.05, 0.1) is 5.54 Å². The van der Waals surface area contributed by atoms with Crippen LogP contribution < -0.4 is 0 Å². The molecule has 0 aromatic heterocycles. The number of aliphatic imine (C=N–C) groups is 1.